The Balaban J connectivity index is 5.33. The minimum absolute atomic E-state index is 0.0371. The third-order valence-electron chi connectivity index (χ3n) is 13.5. The summed E-state index contributed by atoms with van der Waals surface area (Å²) in [5, 5.41) is 2.99. The number of ether oxygens (including phenoxy) is 1. The molecule has 0 aromatic carbocycles. The zero-order chi connectivity index (χ0) is 56.4. The number of unbranched alkanes of at least 4 members (excludes halogenated alkanes) is 26. The van der Waals surface area contributed by atoms with Gasteiger partial charge in [0.2, 0.25) is 5.91 Å². The normalized spacial score (nSPS) is 14.3. The number of nitrogens with one attached hydrogen (secondary N) is 1. The number of likely N-dealkylation sites (N-methyl/N-ethyl adjacent to an activating group) is 1. The van der Waals surface area contributed by atoms with E-state index in [0.29, 0.717) is 17.4 Å². The summed E-state index contributed by atoms with van der Waals surface area (Å²) in [4.78, 5) is 40.0. The molecule has 0 aliphatic rings. The van der Waals surface area contributed by atoms with E-state index in [1.807, 2.05) is 33.3 Å². The second-order valence-corrected chi connectivity index (χ2v) is 23.6. The van der Waals surface area contributed by atoms with Crippen LogP contribution in [0.25, 0.3) is 0 Å². The highest BCUT2D eigenvalue weighted by Gasteiger charge is 2.27. The van der Waals surface area contributed by atoms with Crippen LogP contribution in [0.4, 0.5) is 0 Å². The molecule has 444 valence electrons. The zero-order valence-corrected chi connectivity index (χ0v) is 51.5. The Morgan fingerprint density at radius 2 is 0.844 bits per heavy atom. The molecule has 1 amide bonds. The van der Waals surface area contributed by atoms with Crippen LogP contribution in [0.3, 0.4) is 0 Å². The minimum Gasteiger partial charge on any atom is -0.756 e. The van der Waals surface area contributed by atoms with Gasteiger partial charge in [-0.3, -0.25) is 14.2 Å². The van der Waals surface area contributed by atoms with Crippen LogP contribution in [-0.4, -0.2) is 69.4 Å². The number of carbonyl (C=O) groups excluding carboxylic acids is 2. The fourth-order valence-corrected chi connectivity index (χ4v) is 9.37. The molecule has 0 rings (SSSR count). The Hall–Kier alpha value is -3.07. The number of phosphoric ester groups is 1. The molecule has 0 bridgehead atoms. The number of rotatable bonds is 56. The van der Waals surface area contributed by atoms with Gasteiger partial charge in [0.15, 0.2) is 0 Å². The van der Waals surface area contributed by atoms with E-state index in [-0.39, 0.29) is 31.3 Å². The van der Waals surface area contributed by atoms with Crippen molar-refractivity contribution in [2.45, 2.75) is 277 Å². The molecular weight excluding hydrogens is 976 g/mol. The Morgan fingerprint density at radius 3 is 1.30 bits per heavy atom. The molecule has 9 nitrogen and oxygen atoms in total. The molecule has 0 radical (unpaired) electrons. The molecule has 0 heterocycles. The summed E-state index contributed by atoms with van der Waals surface area (Å²) in [6, 6.07) is -0.924. The van der Waals surface area contributed by atoms with Crippen LogP contribution in [0.15, 0.2) is 97.2 Å². The number of hydrogen-bond donors (Lipinski definition) is 1. The highest BCUT2D eigenvalue weighted by Crippen LogP contribution is 2.38. The number of esters is 1. The third-order valence-corrected chi connectivity index (χ3v) is 14.5. The van der Waals surface area contributed by atoms with Crippen LogP contribution in [0, 0.1) is 0 Å². The SMILES string of the molecule is CC/C=C\C/C=C\C/C=C\C/C=C\C/C=C\CCCC(=O)NC(COP(=O)([O-])OCC[N+](C)(C)C)C(/C=C/CCCCCCCCCCCCC)OC(=O)CCCCCCCCCCCCC/C=C\C/C=C\CCCCC. The third kappa shape index (κ3) is 57.4. The Kier molecular flexibility index (Phi) is 54.0. The topological polar surface area (TPSA) is 114 Å². The predicted molar refractivity (Wildman–Crippen MR) is 330 cm³/mol. The number of quaternary nitrogens is 1. The molecule has 0 spiro atoms. The second-order valence-electron chi connectivity index (χ2n) is 22.2. The average Bonchev–Trinajstić information content (AvgIpc) is 3.39. The highest BCUT2D eigenvalue weighted by molar-refractivity contribution is 7.45. The van der Waals surface area contributed by atoms with E-state index in [0.717, 1.165) is 89.9 Å². The number of allylic oxidation sites excluding steroid dienone is 15. The van der Waals surface area contributed by atoms with Crippen LogP contribution in [-0.2, 0) is 27.9 Å². The minimum atomic E-state index is -4.72. The number of hydrogen-bond acceptors (Lipinski definition) is 7. The van der Waals surface area contributed by atoms with Crippen LogP contribution >= 0.6 is 7.82 Å². The first-order chi connectivity index (χ1) is 37.4. The van der Waals surface area contributed by atoms with E-state index in [4.69, 9.17) is 13.8 Å². The monoisotopic (exact) mass is 1090 g/mol. The molecule has 0 aromatic heterocycles. The van der Waals surface area contributed by atoms with E-state index in [1.165, 1.54) is 135 Å². The first-order valence-corrected chi connectivity index (χ1v) is 33.0. The molecular formula is C67H119N2O7P. The fourth-order valence-electron chi connectivity index (χ4n) is 8.65. The predicted octanol–water partition coefficient (Wildman–Crippen LogP) is 18.9. The summed E-state index contributed by atoms with van der Waals surface area (Å²) in [5.41, 5.74) is 0. The molecule has 0 aliphatic carbocycles. The average molecular weight is 1100 g/mol. The van der Waals surface area contributed by atoms with Crippen molar-refractivity contribution in [2.75, 3.05) is 40.9 Å². The van der Waals surface area contributed by atoms with Crippen molar-refractivity contribution in [3.63, 3.8) is 0 Å². The second kappa shape index (κ2) is 56.2. The summed E-state index contributed by atoms with van der Waals surface area (Å²) in [6.07, 6.45) is 75.3. The highest BCUT2D eigenvalue weighted by atomic mass is 31.2. The van der Waals surface area contributed by atoms with Gasteiger partial charge in [-0.1, -0.05) is 247 Å². The molecule has 77 heavy (non-hydrogen) atoms. The molecule has 1 N–H and O–H groups in total. The lowest BCUT2D eigenvalue weighted by Crippen LogP contribution is -2.47. The number of phosphoric acid groups is 1. The molecule has 3 atom stereocenters. The largest absolute Gasteiger partial charge is 0.756 e. The van der Waals surface area contributed by atoms with Crippen molar-refractivity contribution in [1.82, 2.24) is 5.32 Å². The van der Waals surface area contributed by atoms with Gasteiger partial charge in [0, 0.05) is 12.8 Å². The number of carbonyl (C=O) groups is 2. The van der Waals surface area contributed by atoms with Crippen molar-refractivity contribution in [1.29, 1.82) is 0 Å². The summed E-state index contributed by atoms with van der Waals surface area (Å²) < 4.78 is 30.3. The lowest BCUT2D eigenvalue weighted by molar-refractivity contribution is -0.870. The van der Waals surface area contributed by atoms with Crippen molar-refractivity contribution >= 4 is 19.7 Å². The molecule has 0 saturated carbocycles. The maximum Gasteiger partial charge on any atom is 0.306 e. The quantitative estimate of drug-likeness (QED) is 0.0212. The van der Waals surface area contributed by atoms with Crippen molar-refractivity contribution in [3.05, 3.63) is 97.2 Å². The maximum absolute atomic E-state index is 13.5. The number of nitrogens with zero attached hydrogens (tertiary/aromatic N) is 1. The smallest absolute Gasteiger partial charge is 0.306 e. The zero-order valence-electron chi connectivity index (χ0n) is 50.6. The van der Waals surface area contributed by atoms with Gasteiger partial charge < -0.3 is 28.5 Å². The van der Waals surface area contributed by atoms with E-state index in [1.54, 1.807) is 0 Å². The van der Waals surface area contributed by atoms with Gasteiger partial charge in [0.05, 0.1) is 33.8 Å². The van der Waals surface area contributed by atoms with Crippen molar-refractivity contribution in [3.8, 4) is 0 Å². The summed E-state index contributed by atoms with van der Waals surface area (Å²) >= 11 is 0. The van der Waals surface area contributed by atoms with Gasteiger partial charge in [-0.15, -0.1) is 0 Å². The van der Waals surface area contributed by atoms with Gasteiger partial charge in [0.1, 0.15) is 19.3 Å². The fraction of sp³-hybridized carbons (Fsp3) is 0.731. The molecule has 3 unspecified atom stereocenters. The van der Waals surface area contributed by atoms with Crippen LogP contribution < -0.4 is 10.2 Å². The van der Waals surface area contributed by atoms with Crippen molar-refractivity contribution < 1.29 is 37.3 Å². The molecule has 0 fully saturated rings. The van der Waals surface area contributed by atoms with E-state index in [9.17, 15) is 19.0 Å². The summed E-state index contributed by atoms with van der Waals surface area (Å²) in [5.74, 6) is -0.612. The maximum atomic E-state index is 13.5. The van der Waals surface area contributed by atoms with Crippen LogP contribution in [0.5, 0.6) is 0 Å². The Bertz CT molecular complexity index is 1640. The van der Waals surface area contributed by atoms with Crippen LogP contribution in [0.2, 0.25) is 0 Å². The lowest BCUT2D eigenvalue weighted by Gasteiger charge is -2.30. The molecule has 10 heteroatoms. The molecule has 0 aliphatic heterocycles. The van der Waals surface area contributed by atoms with Gasteiger partial charge in [0.25, 0.3) is 7.82 Å². The summed E-state index contributed by atoms with van der Waals surface area (Å²) in [6.45, 7) is 6.66. The molecule has 0 saturated heterocycles. The standard InChI is InChI=1S/C67H119N2O7P/c1-7-10-13-16-19-22-25-28-30-32-33-34-35-37-39-42-45-48-51-54-57-60-67(71)76-65(58-55-52-49-46-43-40-27-24-21-18-15-12-9-3)64(63-75-77(72,73)74-62-61-69(4,5)6)68-66(70)59-56-53-50-47-44-41-38-36-31-29-26-23-20-17-14-11-8-2/h11,14,19-20,22-23,28-31,38,41,47,50,55,58,64-65H,7-10,12-13,15-18,21,24-27,32-37,39-40,42-46,48-49,51-54,56-57,59-63H2,1-6H3,(H-,68,70,72,73)/b14-11-,22-19-,23-20-,30-28-,31-29-,41-38-,50-47-,58-55+. The van der Waals surface area contributed by atoms with E-state index in [2.05, 4.69) is 111 Å². The first kappa shape index (κ1) is 73.9. The lowest BCUT2D eigenvalue weighted by atomic mass is 10.0. The first-order valence-electron chi connectivity index (χ1n) is 31.5. The van der Waals surface area contributed by atoms with Crippen molar-refractivity contribution in [2.24, 2.45) is 0 Å². The van der Waals surface area contributed by atoms with E-state index < -0.39 is 26.6 Å². The van der Waals surface area contributed by atoms with Gasteiger partial charge >= 0.3 is 5.97 Å². The van der Waals surface area contributed by atoms with Gasteiger partial charge in [-0.05, 0) is 102 Å². The number of amides is 1. The Labute approximate surface area is 475 Å². The van der Waals surface area contributed by atoms with Gasteiger partial charge in [-0.25, -0.2) is 0 Å². The molecule has 0 aromatic rings. The summed E-state index contributed by atoms with van der Waals surface area (Å²) in [7, 11) is 1.14. The van der Waals surface area contributed by atoms with E-state index >= 15 is 0 Å². The van der Waals surface area contributed by atoms with Crippen LogP contribution in [0.1, 0.15) is 265 Å². The Morgan fingerprint density at radius 1 is 0.468 bits per heavy atom. The van der Waals surface area contributed by atoms with Gasteiger partial charge in [-0.2, -0.15) is 0 Å².